The van der Waals surface area contributed by atoms with E-state index in [1.54, 1.807) is 6.07 Å². The van der Waals surface area contributed by atoms with Crippen LogP contribution in [0.3, 0.4) is 0 Å². The van der Waals surface area contributed by atoms with Crippen molar-refractivity contribution in [2.45, 2.75) is 26.1 Å². The van der Waals surface area contributed by atoms with Crippen LogP contribution >= 0.6 is 11.6 Å². The lowest BCUT2D eigenvalue weighted by atomic mass is 10.1. The molecule has 0 unspecified atom stereocenters. The molecule has 4 aromatic rings. The van der Waals surface area contributed by atoms with Crippen LogP contribution in [0.4, 0.5) is 0 Å². The Hall–Kier alpha value is -3.42. The molecule has 33 heavy (non-hydrogen) atoms. The van der Waals surface area contributed by atoms with Gasteiger partial charge in [0.25, 0.3) is 11.5 Å². The largest absolute Gasteiger partial charge is 0.348 e. The second-order valence-electron chi connectivity index (χ2n) is 8.34. The Labute approximate surface area is 196 Å². The van der Waals surface area contributed by atoms with Gasteiger partial charge in [0.05, 0.1) is 11.8 Å². The smallest absolute Gasteiger partial charge is 0.279 e. The first-order chi connectivity index (χ1) is 16.0. The van der Waals surface area contributed by atoms with E-state index in [9.17, 15) is 9.59 Å². The second-order valence-corrected chi connectivity index (χ2v) is 8.78. The minimum absolute atomic E-state index is 0.162. The number of hydrogen-bond donors (Lipinski definition) is 1. The van der Waals surface area contributed by atoms with E-state index in [1.807, 2.05) is 48.0 Å². The van der Waals surface area contributed by atoms with Crippen molar-refractivity contribution in [3.05, 3.63) is 104 Å². The molecule has 2 aromatic carbocycles. The molecule has 0 fully saturated rings. The van der Waals surface area contributed by atoms with E-state index in [0.717, 1.165) is 36.3 Å². The van der Waals surface area contributed by atoms with Gasteiger partial charge in [-0.2, -0.15) is 9.61 Å². The van der Waals surface area contributed by atoms with Gasteiger partial charge in [-0.1, -0.05) is 54.1 Å². The summed E-state index contributed by atoms with van der Waals surface area (Å²) in [6.07, 6.45) is 2.20. The molecule has 0 aliphatic carbocycles. The zero-order valence-electron chi connectivity index (χ0n) is 18.3. The van der Waals surface area contributed by atoms with Crippen molar-refractivity contribution in [2.75, 3.05) is 6.54 Å². The third kappa shape index (κ3) is 4.17. The summed E-state index contributed by atoms with van der Waals surface area (Å²) in [6.45, 7) is 2.53. The molecule has 1 aliphatic heterocycles. The van der Waals surface area contributed by atoms with Gasteiger partial charge in [0.1, 0.15) is 5.56 Å². The molecule has 5 rings (SSSR count). The summed E-state index contributed by atoms with van der Waals surface area (Å²) in [7, 11) is 1.90. The molecular weight excluding hydrogens is 438 g/mol. The SMILES string of the molecule is Cn1c2c(c(=O)n3ncc(C(=O)NCc4cccc(Cl)c4)c13)CN(Cc1ccccc1)CC2. The maximum atomic E-state index is 13.3. The molecule has 0 spiro atoms. The average Bonchev–Trinajstić information content (AvgIpc) is 3.28. The summed E-state index contributed by atoms with van der Waals surface area (Å²) in [6, 6.07) is 17.6. The van der Waals surface area contributed by atoms with Crippen LogP contribution in [0, 0.1) is 0 Å². The number of nitrogens with one attached hydrogen (secondary N) is 1. The van der Waals surface area contributed by atoms with E-state index in [2.05, 4.69) is 27.4 Å². The molecule has 0 atom stereocenters. The molecule has 1 N–H and O–H groups in total. The number of benzene rings is 2. The summed E-state index contributed by atoms with van der Waals surface area (Å²) in [5.41, 5.74) is 4.55. The van der Waals surface area contributed by atoms with Crippen molar-refractivity contribution < 1.29 is 4.79 Å². The topological polar surface area (TPSA) is 71.6 Å². The normalized spacial score (nSPS) is 13.8. The molecule has 1 aliphatic rings. The first kappa shape index (κ1) is 21.4. The van der Waals surface area contributed by atoms with Crippen LogP contribution in [0.1, 0.15) is 32.7 Å². The number of amides is 1. The number of aryl methyl sites for hydroxylation is 1. The lowest BCUT2D eigenvalue weighted by molar-refractivity contribution is 0.0952. The number of halogens is 1. The van der Waals surface area contributed by atoms with E-state index in [0.29, 0.717) is 29.3 Å². The number of nitrogens with zero attached hydrogens (tertiary/aromatic N) is 4. The molecule has 0 radical (unpaired) electrons. The quantitative estimate of drug-likeness (QED) is 0.495. The maximum absolute atomic E-state index is 13.3. The molecule has 0 bridgehead atoms. The van der Waals surface area contributed by atoms with Crippen molar-refractivity contribution in [2.24, 2.45) is 7.05 Å². The summed E-state index contributed by atoms with van der Waals surface area (Å²) >= 11 is 6.03. The van der Waals surface area contributed by atoms with E-state index in [4.69, 9.17) is 11.6 Å². The minimum Gasteiger partial charge on any atom is -0.348 e. The summed E-state index contributed by atoms with van der Waals surface area (Å²) < 4.78 is 3.29. The lowest BCUT2D eigenvalue weighted by Gasteiger charge is -2.29. The van der Waals surface area contributed by atoms with Crippen molar-refractivity contribution in [1.29, 1.82) is 0 Å². The summed E-state index contributed by atoms with van der Waals surface area (Å²) in [4.78, 5) is 28.5. The highest BCUT2D eigenvalue weighted by Gasteiger charge is 2.26. The Balaban J connectivity index is 1.42. The molecule has 0 saturated carbocycles. The molecule has 0 saturated heterocycles. The minimum atomic E-state index is -0.276. The zero-order chi connectivity index (χ0) is 22.9. The van der Waals surface area contributed by atoms with E-state index >= 15 is 0 Å². The Morgan fingerprint density at radius 1 is 1.12 bits per heavy atom. The van der Waals surface area contributed by atoms with Crippen LogP contribution in [0.25, 0.3) is 5.65 Å². The van der Waals surface area contributed by atoms with Gasteiger partial charge < -0.3 is 9.88 Å². The molecule has 7 nitrogen and oxygen atoms in total. The molecule has 168 valence electrons. The maximum Gasteiger partial charge on any atom is 0.279 e. The van der Waals surface area contributed by atoms with Crippen molar-refractivity contribution in [3.8, 4) is 0 Å². The number of rotatable bonds is 5. The van der Waals surface area contributed by atoms with Gasteiger partial charge in [-0.05, 0) is 23.3 Å². The number of aromatic nitrogens is 3. The van der Waals surface area contributed by atoms with E-state index in [1.165, 1.54) is 16.3 Å². The highest BCUT2D eigenvalue weighted by atomic mass is 35.5. The zero-order valence-corrected chi connectivity index (χ0v) is 19.0. The third-order valence-electron chi connectivity index (χ3n) is 6.15. The van der Waals surface area contributed by atoms with Crippen LogP contribution in [-0.2, 0) is 33.1 Å². The molecular formula is C25H24ClN5O2. The van der Waals surface area contributed by atoms with Gasteiger partial charge in [0, 0.05) is 50.4 Å². The highest BCUT2D eigenvalue weighted by Crippen LogP contribution is 2.21. The number of carbonyl (C=O) groups excluding carboxylic acids is 1. The van der Waals surface area contributed by atoms with Gasteiger partial charge in [0.2, 0.25) is 0 Å². The Kier molecular flexibility index (Phi) is 5.74. The van der Waals surface area contributed by atoms with Gasteiger partial charge in [-0.3, -0.25) is 14.5 Å². The Morgan fingerprint density at radius 2 is 1.91 bits per heavy atom. The van der Waals surface area contributed by atoms with Gasteiger partial charge in [0.15, 0.2) is 5.65 Å². The highest BCUT2D eigenvalue weighted by molar-refractivity contribution is 6.30. The number of fused-ring (bicyclic) bond motifs is 2. The first-order valence-electron chi connectivity index (χ1n) is 10.9. The van der Waals surface area contributed by atoms with Gasteiger partial charge in [-0.25, -0.2) is 0 Å². The van der Waals surface area contributed by atoms with Crippen molar-refractivity contribution in [1.82, 2.24) is 24.4 Å². The summed E-state index contributed by atoms with van der Waals surface area (Å²) in [5.74, 6) is -0.276. The predicted octanol–water partition coefficient (Wildman–Crippen LogP) is 3.17. The molecule has 2 aromatic heterocycles. The molecule has 3 heterocycles. The Morgan fingerprint density at radius 3 is 2.70 bits per heavy atom. The number of carbonyl (C=O) groups is 1. The van der Waals surface area contributed by atoms with Crippen LogP contribution in [0.15, 0.2) is 65.6 Å². The number of hydrogen-bond acceptors (Lipinski definition) is 4. The Bertz CT molecular complexity index is 1390. The van der Waals surface area contributed by atoms with Crippen molar-refractivity contribution in [3.63, 3.8) is 0 Å². The monoisotopic (exact) mass is 461 g/mol. The summed E-state index contributed by atoms with van der Waals surface area (Å²) in [5, 5.41) is 7.80. The fourth-order valence-corrected chi connectivity index (χ4v) is 4.71. The average molecular weight is 462 g/mol. The van der Waals surface area contributed by atoms with Gasteiger partial charge >= 0.3 is 0 Å². The lowest BCUT2D eigenvalue weighted by Crippen LogP contribution is -2.38. The fraction of sp³-hybridized carbons (Fsp3) is 0.240. The third-order valence-corrected chi connectivity index (χ3v) is 6.38. The van der Waals surface area contributed by atoms with Crippen LogP contribution in [0.2, 0.25) is 5.02 Å². The first-order valence-corrected chi connectivity index (χ1v) is 11.3. The van der Waals surface area contributed by atoms with Crippen molar-refractivity contribution >= 4 is 23.2 Å². The predicted molar refractivity (Wildman–Crippen MR) is 127 cm³/mol. The van der Waals surface area contributed by atoms with Gasteiger partial charge in [-0.15, -0.1) is 0 Å². The van der Waals surface area contributed by atoms with Crippen LogP contribution < -0.4 is 10.9 Å². The fourth-order valence-electron chi connectivity index (χ4n) is 4.50. The van der Waals surface area contributed by atoms with Crippen LogP contribution in [0.5, 0.6) is 0 Å². The second kappa shape index (κ2) is 8.84. The van der Waals surface area contributed by atoms with Crippen LogP contribution in [-0.4, -0.2) is 31.5 Å². The molecule has 1 amide bonds. The van der Waals surface area contributed by atoms with E-state index in [-0.39, 0.29) is 11.5 Å². The standard InChI is InChI=1S/C25H24ClN5O2/c1-29-22-10-11-30(15-17-6-3-2-4-7-17)16-21(22)25(33)31-24(29)20(14-28-31)23(32)27-13-18-8-5-9-19(26)12-18/h2-9,12,14H,10-11,13,15-16H2,1H3,(H,27,32). The van der Waals surface area contributed by atoms with E-state index < -0.39 is 0 Å². The molecule has 8 heteroatoms.